The number of para-hydroxylation sites is 1. The molecule has 0 spiro atoms. The third kappa shape index (κ3) is 2.55. The number of carbonyl (C=O) groups is 1. The van der Waals surface area contributed by atoms with Crippen molar-refractivity contribution >= 4 is 12.0 Å². The highest BCUT2D eigenvalue weighted by Crippen LogP contribution is 2.38. The van der Waals surface area contributed by atoms with Gasteiger partial charge in [0.15, 0.2) is 11.5 Å². The standard InChI is InChI=1S/C11H8F3NO3/c12-11(13,14)18-8-3-1-2-6-4-7(10(15)16)5-17-9(6)8/h1-4H,5H2,(H2,15,16). The van der Waals surface area contributed by atoms with E-state index in [1.807, 2.05) is 0 Å². The Kier molecular flexibility index (Phi) is 2.90. The average Bonchev–Trinajstić information content (AvgIpc) is 2.26. The van der Waals surface area contributed by atoms with Gasteiger partial charge in [0.05, 0.1) is 5.57 Å². The van der Waals surface area contributed by atoms with Crippen molar-refractivity contribution in [2.45, 2.75) is 6.36 Å². The Hall–Kier alpha value is -2.18. The molecule has 0 bridgehead atoms. The van der Waals surface area contributed by atoms with E-state index < -0.39 is 18.0 Å². The highest BCUT2D eigenvalue weighted by atomic mass is 19.4. The first kappa shape index (κ1) is 12.3. The van der Waals surface area contributed by atoms with E-state index in [1.165, 1.54) is 18.2 Å². The molecule has 1 aliphatic heterocycles. The number of primary amides is 1. The lowest BCUT2D eigenvalue weighted by Crippen LogP contribution is -2.23. The number of amides is 1. The van der Waals surface area contributed by atoms with E-state index in [0.29, 0.717) is 5.56 Å². The summed E-state index contributed by atoms with van der Waals surface area (Å²) in [6.45, 7) is -0.180. The first-order valence-electron chi connectivity index (χ1n) is 4.89. The van der Waals surface area contributed by atoms with Crippen LogP contribution in [0.15, 0.2) is 23.8 Å². The smallest absolute Gasteiger partial charge is 0.484 e. The predicted molar refractivity (Wildman–Crippen MR) is 55.8 cm³/mol. The zero-order valence-electron chi connectivity index (χ0n) is 8.95. The second-order valence-electron chi connectivity index (χ2n) is 3.54. The Morgan fingerprint density at radius 2 is 2.11 bits per heavy atom. The van der Waals surface area contributed by atoms with Crippen LogP contribution in [0.1, 0.15) is 5.56 Å². The van der Waals surface area contributed by atoms with Gasteiger partial charge in [-0.2, -0.15) is 0 Å². The van der Waals surface area contributed by atoms with Crippen LogP contribution in [-0.4, -0.2) is 18.9 Å². The first-order chi connectivity index (χ1) is 8.37. The lowest BCUT2D eigenvalue weighted by Gasteiger charge is -2.19. The number of hydrogen-bond donors (Lipinski definition) is 1. The molecule has 1 aliphatic rings. The van der Waals surface area contributed by atoms with E-state index in [1.54, 1.807) is 0 Å². The molecule has 4 nitrogen and oxygen atoms in total. The van der Waals surface area contributed by atoms with Gasteiger partial charge in [-0.1, -0.05) is 12.1 Å². The largest absolute Gasteiger partial charge is 0.573 e. The highest BCUT2D eigenvalue weighted by Gasteiger charge is 2.33. The number of nitrogens with two attached hydrogens (primary N) is 1. The van der Waals surface area contributed by atoms with E-state index in [0.717, 1.165) is 6.07 Å². The molecule has 1 amide bonds. The Balaban J connectivity index is 2.39. The summed E-state index contributed by atoms with van der Waals surface area (Å²) >= 11 is 0. The molecule has 0 radical (unpaired) electrons. The molecule has 0 aromatic heterocycles. The van der Waals surface area contributed by atoms with Crippen LogP contribution < -0.4 is 15.2 Å². The highest BCUT2D eigenvalue weighted by molar-refractivity contribution is 5.98. The van der Waals surface area contributed by atoms with Crippen LogP contribution >= 0.6 is 0 Å². The van der Waals surface area contributed by atoms with Crippen molar-refractivity contribution in [1.29, 1.82) is 0 Å². The van der Waals surface area contributed by atoms with Gasteiger partial charge in [-0.3, -0.25) is 4.79 Å². The van der Waals surface area contributed by atoms with Crippen molar-refractivity contribution in [3.05, 3.63) is 29.3 Å². The molecule has 18 heavy (non-hydrogen) atoms. The number of fused-ring (bicyclic) bond motifs is 1. The van der Waals surface area contributed by atoms with Crippen molar-refractivity contribution in [3.63, 3.8) is 0 Å². The van der Waals surface area contributed by atoms with Gasteiger partial charge >= 0.3 is 6.36 Å². The van der Waals surface area contributed by atoms with E-state index >= 15 is 0 Å². The van der Waals surface area contributed by atoms with Gasteiger partial charge in [-0.05, 0) is 12.1 Å². The van der Waals surface area contributed by atoms with E-state index in [-0.39, 0.29) is 17.9 Å². The van der Waals surface area contributed by atoms with Crippen molar-refractivity contribution < 1.29 is 27.4 Å². The van der Waals surface area contributed by atoms with E-state index in [4.69, 9.17) is 10.5 Å². The molecule has 0 aliphatic carbocycles. The molecule has 2 rings (SSSR count). The second-order valence-corrected chi connectivity index (χ2v) is 3.54. The Bertz CT molecular complexity index is 523. The summed E-state index contributed by atoms with van der Waals surface area (Å²) in [7, 11) is 0. The number of rotatable bonds is 2. The molecule has 96 valence electrons. The van der Waals surface area contributed by atoms with E-state index in [2.05, 4.69) is 4.74 Å². The van der Waals surface area contributed by atoms with Crippen molar-refractivity contribution in [2.75, 3.05) is 6.61 Å². The quantitative estimate of drug-likeness (QED) is 0.881. The molecule has 0 saturated heterocycles. The molecule has 2 N–H and O–H groups in total. The van der Waals surface area contributed by atoms with Gasteiger partial charge in [-0.25, -0.2) is 0 Å². The minimum atomic E-state index is -4.80. The zero-order chi connectivity index (χ0) is 13.3. The van der Waals surface area contributed by atoms with Crippen molar-refractivity contribution in [3.8, 4) is 11.5 Å². The fourth-order valence-corrected chi connectivity index (χ4v) is 1.53. The third-order valence-corrected chi connectivity index (χ3v) is 2.25. The first-order valence-corrected chi connectivity index (χ1v) is 4.89. The SMILES string of the molecule is NC(=O)C1=Cc2cccc(OC(F)(F)F)c2OC1. The lowest BCUT2D eigenvalue weighted by molar-refractivity contribution is -0.275. The summed E-state index contributed by atoms with van der Waals surface area (Å²) < 4.78 is 45.4. The van der Waals surface area contributed by atoms with Crippen LogP contribution in [0.2, 0.25) is 0 Å². The molecular formula is C11H8F3NO3. The molecule has 1 aromatic rings. The molecule has 0 saturated carbocycles. The normalized spacial score (nSPS) is 14.3. The minimum absolute atomic E-state index is 0.0557. The minimum Gasteiger partial charge on any atom is -0.484 e. The van der Waals surface area contributed by atoms with Crippen LogP contribution in [0.25, 0.3) is 6.08 Å². The van der Waals surface area contributed by atoms with Crippen LogP contribution in [0.4, 0.5) is 13.2 Å². The summed E-state index contributed by atoms with van der Waals surface area (Å²) in [6, 6.07) is 4.00. The number of hydrogen-bond acceptors (Lipinski definition) is 3. The van der Waals surface area contributed by atoms with Gasteiger partial charge in [0.2, 0.25) is 5.91 Å². The summed E-state index contributed by atoms with van der Waals surface area (Å²) in [5.74, 6) is -1.18. The predicted octanol–water partition coefficient (Wildman–Crippen LogP) is 1.85. The van der Waals surface area contributed by atoms with Crippen molar-refractivity contribution in [2.24, 2.45) is 5.73 Å². The van der Waals surface area contributed by atoms with Crippen LogP contribution in [0, 0.1) is 0 Å². The fourth-order valence-electron chi connectivity index (χ4n) is 1.53. The van der Waals surface area contributed by atoms with Gasteiger partial charge in [0.1, 0.15) is 6.61 Å². The Morgan fingerprint density at radius 1 is 1.39 bits per heavy atom. The summed E-state index contributed by atoms with van der Waals surface area (Å²) in [5, 5.41) is 0. The zero-order valence-corrected chi connectivity index (χ0v) is 8.95. The molecule has 1 aromatic carbocycles. The summed E-state index contributed by atoms with van der Waals surface area (Å²) in [4.78, 5) is 10.9. The Labute approximate surface area is 99.8 Å². The maximum absolute atomic E-state index is 12.1. The van der Waals surface area contributed by atoms with Crippen LogP contribution in [0.3, 0.4) is 0 Å². The molecular weight excluding hydrogens is 251 g/mol. The Morgan fingerprint density at radius 3 is 2.72 bits per heavy atom. The maximum Gasteiger partial charge on any atom is 0.573 e. The third-order valence-electron chi connectivity index (χ3n) is 2.25. The summed E-state index contributed by atoms with van der Waals surface area (Å²) in [5.41, 5.74) is 5.57. The van der Waals surface area contributed by atoms with Crippen LogP contribution in [-0.2, 0) is 4.79 Å². The number of halogens is 3. The second kappa shape index (κ2) is 4.25. The number of ether oxygens (including phenoxy) is 2. The van der Waals surface area contributed by atoms with Crippen LogP contribution in [0.5, 0.6) is 11.5 Å². The van der Waals surface area contributed by atoms with Gasteiger partial charge in [0, 0.05) is 5.56 Å². The topological polar surface area (TPSA) is 61.6 Å². The number of carbonyl (C=O) groups excluding carboxylic acids is 1. The van der Waals surface area contributed by atoms with Gasteiger partial charge in [0.25, 0.3) is 0 Å². The number of alkyl halides is 3. The van der Waals surface area contributed by atoms with Gasteiger partial charge in [-0.15, -0.1) is 13.2 Å². The monoisotopic (exact) mass is 259 g/mol. The van der Waals surface area contributed by atoms with E-state index in [9.17, 15) is 18.0 Å². The van der Waals surface area contributed by atoms with Gasteiger partial charge < -0.3 is 15.2 Å². The molecule has 0 fully saturated rings. The fraction of sp³-hybridized carbons (Fsp3) is 0.182. The molecule has 0 atom stereocenters. The van der Waals surface area contributed by atoms with Crippen molar-refractivity contribution in [1.82, 2.24) is 0 Å². The summed E-state index contributed by atoms with van der Waals surface area (Å²) in [6.07, 6.45) is -3.42. The molecule has 1 heterocycles. The average molecular weight is 259 g/mol. The molecule has 0 unspecified atom stereocenters. The maximum atomic E-state index is 12.1. The molecule has 7 heteroatoms. The lowest BCUT2D eigenvalue weighted by atomic mass is 10.1. The number of benzene rings is 1.